The van der Waals surface area contributed by atoms with E-state index in [4.69, 9.17) is 0 Å². The summed E-state index contributed by atoms with van der Waals surface area (Å²) in [6, 6.07) is 8.70. The van der Waals surface area contributed by atoms with Crippen LogP contribution in [0.2, 0.25) is 0 Å². The summed E-state index contributed by atoms with van der Waals surface area (Å²) >= 11 is 0. The number of aromatic nitrogens is 2. The van der Waals surface area contributed by atoms with E-state index in [9.17, 15) is 9.59 Å². The molecule has 2 aromatic rings. The van der Waals surface area contributed by atoms with Crippen molar-refractivity contribution in [2.45, 2.75) is 52.0 Å². The lowest BCUT2D eigenvalue weighted by atomic mass is 10.1. The van der Waals surface area contributed by atoms with Crippen LogP contribution >= 0.6 is 0 Å². The molecule has 0 saturated heterocycles. The van der Waals surface area contributed by atoms with Gasteiger partial charge in [-0.25, -0.2) is 4.79 Å². The van der Waals surface area contributed by atoms with Gasteiger partial charge in [0.2, 0.25) is 0 Å². The standard InChI is InChI=1S/C20H27N5O2/c1-5-21-19(27)23-15-8-6-7-14(11-15)22-18(26)17-12-16(13-9-10-13)24-25(17)20(2,3)4/h6-8,11-13H,5,9-10H2,1-4H3,(H,22,26)(H2,21,23,27). The van der Waals surface area contributed by atoms with E-state index in [-0.39, 0.29) is 17.5 Å². The van der Waals surface area contributed by atoms with E-state index in [1.807, 2.05) is 33.8 Å². The second-order valence-corrected chi connectivity index (χ2v) is 7.83. The molecular formula is C20H27N5O2. The van der Waals surface area contributed by atoms with Gasteiger partial charge < -0.3 is 16.0 Å². The van der Waals surface area contributed by atoms with Gasteiger partial charge in [-0.3, -0.25) is 9.48 Å². The Hall–Kier alpha value is -2.83. The van der Waals surface area contributed by atoms with Gasteiger partial charge in [-0.05, 0) is 64.8 Å². The molecule has 0 unspecified atom stereocenters. The van der Waals surface area contributed by atoms with E-state index in [1.165, 1.54) is 0 Å². The lowest BCUT2D eigenvalue weighted by Crippen LogP contribution is -2.29. The average molecular weight is 369 g/mol. The Morgan fingerprint density at radius 1 is 1.15 bits per heavy atom. The lowest BCUT2D eigenvalue weighted by Gasteiger charge is -2.22. The first-order valence-corrected chi connectivity index (χ1v) is 9.34. The first-order chi connectivity index (χ1) is 12.8. The number of nitrogens with zero attached hydrogens (tertiary/aromatic N) is 2. The van der Waals surface area contributed by atoms with Crippen molar-refractivity contribution >= 4 is 23.3 Å². The molecule has 0 radical (unpaired) electrons. The van der Waals surface area contributed by atoms with Crippen molar-refractivity contribution in [3.05, 3.63) is 41.7 Å². The molecule has 27 heavy (non-hydrogen) atoms. The maximum atomic E-state index is 12.9. The zero-order valence-corrected chi connectivity index (χ0v) is 16.3. The van der Waals surface area contributed by atoms with Crippen LogP contribution in [-0.4, -0.2) is 28.3 Å². The zero-order valence-electron chi connectivity index (χ0n) is 16.3. The van der Waals surface area contributed by atoms with Gasteiger partial charge in [0.05, 0.1) is 11.2 Å². The number of hydrogen-bond acceptors (Lipinski definition) is 3. The number of amides is 3. The molecule has 0 spiro atoms. The summed E-state index contributed by atoms with van der Waals surface area (Å²) < 4.78 is 1.80. The van der Waals surface area contributed by atoms with Crippen molar-refractivity contribution in [1.82, 2.24) is 15.1 Å². The third-order valence-electron chi connectivity index (χ3n) is 4.31. The highest BCUT2D eigenvalue weighted by molar-refractivity contribution is 6.03. The third-order valence-corrected chi connectivity index (χ3v) is 4.31. The maximum absolute atomic E-state index is 12.9. The number of urea groups is 1. The summed E-state index contributed by atoms with van der Waals surface area (Å²) in [4.78, 5) is 24.6. The van der Waals surface area contributed by atoms with Crippen LogP contribution in [0.3, 0.4) is 0 Å². The second kappa shape index (κ2) is 7.42. The first kappa shape index (κ1) is 18.9. The van der Waals surface area contributed by atoms with Gasteiger partial charge in [-0.2, -0.15) is 5.10 Å². The van der Waals surface area contributed by atoms with Crippen molar-refractivity contribution in [3.8, 4) is 0 Å². The molecule has 1 aromatic carbocycles. The van der Waals surface area contributed by atoms with Crippen molar-refractivity contribution < 1.29 is 9.59 Å². The largest absolute Gasteiger partial charge is 0.338 e. The Morgan fingerprint density at radius 2 is 1.81 bits per heavy atom. The third kappa shape index (κ3) is 4.67. The van der Waals surface area contributed by atoms with Gasteiger partial charge in [0.15, 0.2) is 0 Å². The highest BCUT2D eigenvalue weighted by atomic mass is 16.2. The smallest absolute Gasteiger partial charge is 0.319 e. The summed E-state index contributed by atoms with van der Waals surface area (Å²) in [7, 11) is 0. The van der Waals surface area contributed by atoms with Gasteiger partial charge >= 0.3 is 6.03 Å². The van der Waals surface area contributed by atoms with Gasteiger partial charge in [0.25, 0.3) is 5.91 Å². The van der Waals surface area contributed by atoms with Gasteiger partial charge in [0.1, 0.15) is 5.69 Å². The zero-order chi connectivity index (χ0) is 19.6. The average Bonchev–Trinajstić information content (AvgIpc) is 3.32. The molecule has 7 heteroatoms. The van der Waals surface area contributed by atoms with E-state index in [0.29, 0.717) is 29.5 Å². The number of rotatable bonds is 5. The summed E-state index contributed by atoms with van der Waals surface area (Å²) in [5.74, 6) is 0.268. The number of carbonyl (C=O) groups is 2. The Kier molecular flexibility index (Phi) is 5.21. The molecule has 0 aliphatic heterocycles. The fourth-order valence-corrected chi connectivity index (χ4v) is 2.86. The SMILES string of the molecule is CCNC(=O)Nc1cccc(NC(=O)c2cc(C3CC3)nn2C(C)(C)C)c1. The summed E-state index contributed by atoms with van der Waals surface area (Å²) in [5.41, 5.74) is 2.47. The molecule has 1 heterocycles. The molecule has 0 atom stereocenters. The van der Waals surface area contributed by atoms with Crippen LogP contribution in [0, 0.1) is 0 Å². The van der Waals surface area contributed by atoms with Crippen LogP contribution in [-0.2, 0) is 5.54 Å². The first-order valence-electron chi connectivity index (χ1n) is 9.34. The van der Waals surface area contributed by atoms with Gasteiger partial charge in [0, 0.05) is 23.8 Å². The van der Waals surface area contributed by atoms with Crippen molar-refractivity contribution in [2.75, 3.05) is 17.2 Å². The molecule has 1 aromatic heterocycles. The molecule has 1 saturated carbocycles. The highest BCUT2D eigenvalue weighted by Gasteiger charge is 2.31. The minimum Gasteiger partial charge on any atom is -0.338 e. The Labute approximate surface area is 159 Å². The van der Waals surface area contributed by atoms with Gasteiger partial charge in [-0.1, -0.05) is 6.07 Å². The molecule has 3 N–H and O–H groups in total. The molecule has 144 valence electrons. The number of anilines is 2. The van der Waals surface area contributed by atoms with Crippen LogP contribution < -0.4 is 16.0 Å². The van der Waals surface area contributed by atoms with E-state index >= 15 is 0 Å². The van der Waals surface area contributed by atoms with E-state index in [0.717, 1.165) is 18.5 Å². The molecule has 1 aliphatic carbocycles. The number of hydrogen-bond donors (Lipinski definition) is 3. The Bertz CT molecular complexity index is 846. The normalized spacial score (nSPS) is 13.9. The van der Waals surface area contributed by atoms with Crippen molar-refractivity contribution in [1.29, 1.82) is 0 Å². The van der Waals surface area contributed by atoms with Crippen LogP contribution in [0.15, 0.2) is 30.3 Å². The second-order valence-electron chi connectivity index (χ2n) is 7.83. The predicted octanol–water partition coefficient (Wildman–Crippen LogP) is 3.91. The van der Waals surface area contributed by atoms with Crippen molar-refractivity contribution in [2.24, 2.45) is 0 Å². The van der Waals surface area contributed by atoms with E-state index in [2.05, 4.69) is 21.0 Å². The quantitative estimate of drug-likeness (QED) is 0.747. The van der Waals surface area contributed by atoms with Gasteiger partial charge in [-0.15, -0.1) is 0 Å². The number of carbonyl (C=O) groups excluding carboxylic acids is 2. The Balaban J connectivity index is 1.78. The monoisotopic (exact) mass is 369 g/mol. The van der Waals surface area contributed by atoms with Crippen LogP contribution in [0.1, 0.15) is 62.6 Å². The fourth-order valence-electron chi connectivity index (χ4n) is 2.86. The Morgan fingerprint density at radius 3 is 2.41 bits per heavy atom. The molecule has 3 amide bonds. The minimum atomic E-state index is -0.290. The topological polar surface area (TPSA) is 88.1 Å². The fraction of sp³-hybridized carbons (Fsp3) is 0.450. The molecular weight excluding hydrogens is 342 g/mol. The van der Waals surface area contributed by atoms with Crippen LogP contribution in [0.5, 0.6) is 0 Å². The van der Waals surface area contributed by atoms with E-state index in [1.54, 1.807) is 28.9 Å². The number of nitrogens with one attached hydrogen (secondary N) is 3. The van der Waals surface area contributed by atoms with Crippen molar-refractivity contribution in [3.63, 3.8) is 0 Å². The molecule has 1 aliphatic rings. The van der Waals surface area contributed by atoms with Crippen LogP contribution in [0.25, 0.3) is 0 Å². The maximum Gasteiger partial charge on any atom is 0.319 e. The molecule has 1 fully saturated rings. The minimum absolute atomic E-state index is 0.209. The van der Waals surface area contributed by atoms with Crippen LogP contribution in [0.4, 0.5) is 16.2 Å². The summed E-state index contributed by atoms with van der Waals surface area (Å²) in [5, 5.41) is 13.0. The molecule has 7 nitrogen and oxygen atoms in total. The predicted molar refractivity (Wildman–Crippen MR) is 106 cm³/mol. The summed E-state index contributed by atoms with van der Waals surface area (Å²) in [6.07, 6.45) is 2.27. The highest BCUT2D eigenvalue weighted by Crippen LogP contribution is 2.40. The lowest BCUT2D eigenvalue weighted by molar-refractivity contribution is 0.100. The molecule has 0 bridgehead atoms. The number of benzene rings is 1. The summed E-state index contributed by atoms with van der Waals surface area (Å²) in [6.45, 7) is 8.49. The van der Waals surface area contributed by atoms with E-state index < -0.39 is 0 Å². The molecule has 3 rings (SSSR count).